The molecule has 8 aromatic rings. The SMILES string of the molecule is [CH][C@H](CCCCCCc1nc2c(cc1CNC(=O)[C@H](CCCCNC(=O)CCC(=O)NCc1cc3c(nc1CCCCCC[C@@H](CC(=O)O)c1cnc(C)nc1)CCCC3)NC(=O)CCCN(C)S(=O)(=O)c1cccc3c4c(ccc13)N(CCCS(=O)(=O)O)C(CCCCCC1=[N+](CCCS(=O)(=O)[O-])c3ccc5ccc(S(=O)(=O)O)cc5c3C1(C)C)C4(C)C)CCCN2)c1cnc(C)nc1. The number of fused-ring (bicyclic) bond motifs is 8. The lowest BCUT2D eigenvalue weighted by atomic mass is 9.76. The molecule has 0 fully saturated rings. The molecule has 0 spiro atoms. The molecule has 0 bridgehead atoms. The predicted molar refractivity (Wildman–Crippen MR) is 520 cm³/mol. The summed E-state index contributed by atoms with van der Waals surface area (Å²) in [5, 5.41) is 27.6. The van der Waals surface area contributed by atoms with E-state index >= 15 is 8.42 Å². The van der Waals surface area contributed by atoms with Crippen molar-refractivity contribution in [3.05, 3.63) is 178 Å². The van der Waals surface area contributed by atoms with Crippen LogP contribution >= 0.6 is 0 Å². The summed E-state index contributed by atoms with van der Waals surface area (Å²) in [7, 11) is -16.3. The molecule has 4 amide bonds. The number of rotatable bonds is 53. The van der Waals surface area contributed by atoms with Gasteiger partial charge in [0.25, 0.3) is 20.2 Å². The third-order valence-electron chi connectivity index (χ3n) is 27.3. The monoisotopic (exact) mass is 1930 g/mol. The molecular weight excluding hydrogens is 1800 g/mol. The highest BCUT2D eigenvalue weighted by atomic mass is 32.2. The van der Waals surface area contributed by atoms with E-state index in [2.05, 4.69) is 77.4 Å². The summed E-state index contributed by atoms with van der Waals surface area (Å²) in [5.41, 5.74) is 11.5. The van der Waals surface area contributed by atoms with Gasteiger partial charge in [-0.2, -0.15) is 21.4 Å². The maximum absolute atomic E-state index is 15.0. The van der Waals surface area contributed by atoms with E-state index in [0.717, 1.165) is 194 Å². The average molecular weight is 1930 g/mol. The quantitative estimate of drug-likeness (QED) is 0.00997. The number of amides is 4. The first kappa shape index (κ1) is 104. The Morgan fingerprint density at radius 3 is 1.95 bits per heavy atom. The Morgan fingerprint density at radius 1 is 0.622 bits per heavy atom. The molecule has 0 saturated heterocycles. The molecule has 8 N–H and O–H groups in total. The van der Waals surface area contributed by atoms with Crippen molar-refractivity contribution in [2.24, 2.45) is 0 Å². The fourth-order valence-corrected chi connectivity index (χ4v) is 23.0. The Bertz CT molecular complexity index is 6080. The number of sulfonamides is 1. The van der Waals surface area contributed by atoms with Crippen molar-refractivity contribution in [1.82, 2.24) is 55.5 Å². The van der Waals surface area contributed by atoms with Crippen molar-refractivity contribution in [2.45, 2.75) is 311 Å². The first-order chi connectivity index (χ1) is 64.2. The number of anilines is 2. The van der Waals surface area contributed by atoms with E-state index in [1.54, 1.807) is 56.0 Å². The molecule has 730 valence electrons. The highest BCUT2D eigenvalue weighted by molar-refractivity contribution is 7.89. The van der Waals surface area contributed by atoms with Crippen molar-refractivity contribution in [2.75, 3.05) is 61.5 Å². The number of aryl methyl sites for hydroxylation is 7. The number of carbonyl (C=O) groups is 5. The van der Waals surface area contributed by atoms with Crippen molar-refractivity contribution >= 4 is 114 Å². The Hall–Kier alpha value is -9.88. The highest BCUT2D eigenvalue weighted by Crippen LogP contribution is 2.52. The van der Waals surface area contributed by atoms with E-state index in [4.69, 9.17) is 16.9 Å². The van der Waals surface area contributed by atoms with E-state index < -0.39 is 86.5 Å². The number of pyridine rings is 2. The van der Waals surface area contributed by atoms with Crippen LogP contribution < -0.4 is 31.5 Å². The predicted octanol–water partition coefficient (Wildman–Crippen LogP) is 14.5. The lowest BCUT2D eigenvalue weighted by Crippen LogP contribution is -2.46. The number of benzene rings is 4. The van der Waals surface area contributed by atoms with Crippen LogP contribution in [0, 0.1) is 20.8 Å². The number of carbonyl (C=O) groups excluding carboxylic acids is 4. The van der Waals surface area contributed by atoms with Gasteiger partial charge in [0.05, 0.1) is 37.5 Å². The van der Waals surface area contributed by atoms with Crippen LogP contribution in [-0.4, -0.2) is 190 Å². The lowest BCUT2D eigenvalue weighted by Gasteiger charge is -2.35. The Labute approximate surface area is 796 Å². The first-order valence-electron chi connectivity index (χ1n) is 48.0. The van der Waals surface area contributed by atoms with Crippen LogP contribution in [0.25, 0.3) is 21.5 Å². The third kappa shape index (κ3) is 28.2. The first-order valence-corrected chi connectivity index (χ1v) is 54.1. The zero-order valence-corrected chi connectivity index (χ0v) is 82.3. The molecule has 4 atom stereocenters. The largest absolute Gasteiger partial charge is 0.748 e. The second kappa shape index (κ2) is 47.0. The van der Waals surface area contributed by atoms with Crippen LogP contribution in [-0.2, 0) is 120 Å². The second-order valence-electron chi connectivity index (χ2n) is 38.0. The van der Waals surface area contributed by atoms with Gasteiger partial charge in [-0.15, -0.1) is 0 Å². The van der Waals surface area contributed by atoms with Crippen LogP contribution in [0.2, 0.25) is 0 Å². The summed E-state index contributed by atoms with van der Waals surface area (Å²) < 4.78 is 138. The van der Waals surface area contributed by atoms with E-state index in [-0.39, 0.29) is 130 Å². The highest BCUT2D eigenvalue weighted by Gasteiger charge is 2.48. The van der Waals surface area contributed by atoms with Crippen molar-refractivity contribution in [1.29, 1.82) is 0 Å². The van der Waals surface area contributed by atoms with Crippen LogP contribution in [0.15, 0.2) is 107 Å². The van der Waals surface area contributed by atoms with E-state index in [1.807, 2.05) is 49.6 Å². The Morgan fingerprint density at radius 2 is 1.25 bits per heavy atom. The maximum atomic E-state index is 15.0. The van der Waals surface area contributed by atoms with Gasteiger partial charge < -0.3 is 41.1 Å². The molecular formula is C100H134N14O17S4. The summed E-state index contributed by atoms with van der Waals surface area (Å²) in [6.45, 7) is 20.2. The molecule has 4 aliphatic rings. The van der Waals surface area contributed by atoms with Gasteiger partial charge in [0, 0.05) is 160 Å². The molecule has 31 nitrogen and oxygen atoms in total. The number of hydrogen-bond donors (Lipinski definition) is 8. The fraction of sp³-hybridized carbons (Fsp3) is 0.550. The fourth-order valence-electron chi connectivity index (χ4n) is 20.1. The van der Waals surface area contributed by atoms with Gasteiger partial charge in [-0.05, 0) is 260 Å². The number of carboxylic acid groups (broad SMARTS) is 1. The topological polar surface area (TPSA) is 453 Å². The van der Waals surface area contributed by atoms with Gasteiger partial charge >= 0.3 is 5.97 Å². The maximum Gasteiger partial charge on any atom is 0.303 e. The minimum absolute atomic E-state index is 0.0140. The molecule has 35 heteroatoms. The zero-order chi connectivity index (χ0) is 97.0. The van der Waals surface area contributed by atoms with Gasteiger partial charge in [-0.25, -0.2) is 46.1 Å². The van der Waals surface area contributed by atoms with E-state index in [1.165, 1.54) is 29.0 Å². The van der Waals surface area contributed by atoms with Gasteiger partial charge in [0.1, 0.15) is 30.1 Å². The smallest absolute Gasteiger partial charge is 0.303 e. The van der Waals surface area contributed by atoms with Crippen molar-refractivity contribution in [3.8, 4) is 0 Å². The molecule has 0 saturated carbocycles. The second-order valence-corrected chi connectivity index (χ2v) is 44.5. The van der Waals surface area contributed by atoms with Gasteiger partial charge in [-0.1, -0.05) is 95.5 Å². The number of unbranched alkanes of at least 4 members (excludes halogenated alkanes) is 9. The lowest BCUT2D eigenvalue weighted by molar-refractivity contribution is -0.439. The summed E-state index contributed by atoms with van der Waals surface area (Å²) >= 11 is 0. The number of nitrogens with one attached hydrogen (secondary N) is 5. The number of carboxylic acids is 1. The molecule has 3 aliphatic heterocycles. The minimum atomic E-state index is -4.57. The summed E-state index contributed by atoms with van der Waals surface area (Å²) in [6.07, 6.45) is 27.1. The molecule has 2 radical (unpaired) electrons. The van der Waals surface area contributed by atoms with Crippen LogP contribution in [0.1, 0.15) is 293 Å². The van der Waals surface area contributed by atoms with Crippen LogP contribution in [0.5, 0.6) is 0 Å². The number of nitrogens with zero attached hydrogens (tertiary/aromatic N) is 9. The molecule has 135 heavy (non-hydrogen) atoms. The van der Waals surface area contributed by atoms with Crippen molar-refractivity contribution < 1.29 is 81.0 Å². The van der Waals surface area contributed by atoms with Gasteiger partial charge in [-0.3, -0.25) is 38.1 Å². The zero-order valence-electron chi connectivity index (χ0n) is 79.0. The number of aromatic nitrogens is 6. The van der Waals surface area contributed by atoms with Gasteiger partial charge in [0.15, 0.2) is 5.71 Å². The minimum Gasteiger partial charge on any atom is -0.748 e. The summed E-state index contributed by atoms with van der Waals surface area (Å²) in [4.78, 5) is 96.9. The van der Waals surface area contributed by atoms with E-state index in [0.29, 0.717) is 85.6 Å². The Balaban J connectivity index is 0.671. The molecule has 12 rings (SSSR count). The molecule has 1 unspecified atom stereocenters. The Kier molecular flexibility index (Phi) is 36.2. The standard InChI is InChI=1S/C100H134N14O17S4/c1-67(76-63-103-68(2)104-64-76)29-14-9-11-17-35-84-75(58-73-32-25-51-102-97(73)111-84)62-108-98(120)85(37-22-23-50-101-91(115)48-49-92(116)107-61-74-57-72-31-20-21-36-82(72)109-83(74)34-16-12-10-15-30-71(59-94(118)119)77-65-105-69(3)106-66-77)110-93(117)41-26-52-112(8)134(127,128)88-38-24-33-80-79(88)45-47-87-95(80)99(4,5)89(114(87)54-28-56-133(124,125)126)39-18-13-19-40-90-100(6,7)96-81-60-78(135(129,130)131)44-42-70(81)43-46-86(96)113(90)53-27-55-132(121,122)123/h1,24,33,38,42-47,57-58,60,63-67,71,85,89H,9-23,25-32,34-37,39-41,48-56,59,61-62H2,2-8H3,(H8-,101,102,107,108,110,111,115,116,117,118,119,120,121,122,123,124,125,126,129,130,131)/t67-,71+,85+,89?/m1/s1. The molecule has 4 aromatic carbocycles. The average Bonchev–Trinajstić information content (AvgIpc) is 1.57. The van der Waals surface area contributed by atoms with Crippen molar-refractivity contribution in [3.63, 3.8) is 0 Å². The number of aliphatic carboxylic acids is 1. The normalized spacial score (nSPS) is 15.9. The van der Waals surface area contributed by atoms with Gasteiger partial charge in [0.2, 0.25) is 39.3 Å². The third-order valence-corrected chi connectivity index (χ3v) is 31.7. The molecule has 7 heterocycles. The van der Waals surface area contributed by atoms with Crippen LogP contribution in [0.3, 0.4) is 0 Å². The van der Waals surface area contributed by atoms with Crippen LogP contribution in [0.4, 0.5) is 17.2 Å². The number of hydrogen-bond acceptors (Lipinski definition) is 22. The molecule has 1 aliphatic carbocycles. The summed E-state index contributed by atoms with van der Waals surface area (Å²) in [6, 6.07) is 19.9. The van der Waals surface area contributed by atoms with E-state index in [9.17, 15) is 68.0 Å². The molecule has 4 aromatic heterocycles. The summed E-state index contributed by atoms with van der Waals surface area (Å²) in [5.74, 6) is -1.60.